The van der Waals surface area contributed by atoms with Crippen molar-refractivity contribution in [3.05, 3.63) is 23.8 Å². The maximum Gasteiger partial charge on any atom is 0.407 e. The highest BCUT2D eigenvalue weighted by molar-refractivity contribution is 5.67. The predicted molar refractivity (Wildman–Crippen MR) is 76.5 cm³/mol. The molecular formula is C14H22N2O4. The molecule has 0 aliphatic carbocycles. The molecule has 0 bridgehead atoms. The highest BCUT2D eigenvalue weighted by atomic mass is 16.6. The van der Waals surface area contributed by atoms with Gasteiger partial charge in [-0.15, -0.1) is 0 Å². The van der Waals surface area contributed by atoms with E-state index in [4.69, 9.17) is 20.3 Å². The number of nitrogen functional groups attached to an aromatic ring is 1. The number of anilines is 1. The van der Waals surface area contributed by atoms with E-state index in [1.807, 2.05) is 0 Å². The third-order valence-corrected chi connectivity index (χ3v) is 2.29. The molecule has 1 aromatic carbocycles. The molecule has 0 aromatic heterocycles. The van der Waals surface area contributed by atoms with Gasteiger partial charge in [0.15, 0.2) is 0 Å². The van der Waals surface area contributed by atoms with Crippen molar-refractivity contribution in [3.63, 3.8) is 0 Å². The average Bonchev–Trinajstić information content (AvgIpc) is 2.34. The Kier molecular flexibility index (Phi) is 5.64. The molecule has 112 valence electrons. The normalized spacial score (nSPS) is 11.0. The lowest BCUT2D eigenvalue weighted by molar-refractivity contribution is 0.0520. The number of rotatable bonds is 5. The fourth-order valence-corrected chi connectivity index (χ4v) is 1.43. The third-order valence-electron chi connectivity index (χ3n) is 2.29. The van der Waals surface area contributed by atoms with Crippen LogP contribution in [0.3, 0.4) is 0 Å². The van der Waals surface area contributed by atoms with Crippen molar-refractivity contribution in [2.24, 2.45) is 0 Å². The van der Waals surface area contributed by atoms with E-state index < -0.39 is 11.7 Å². The number of carbonyl (C=O) groups is 1. The maximum atomic E-state index is 11.4. The number of alkyl carbamates (subject to hydrolysis) is 1. The molecule has 4 N–H and O–H groups in total. The molecule has 0 spiro atoms. The molecule has 6 nitrogen and oxygen atoms in total. The largest absolute Gasteiger partial charge is 0.490 e. The molecule has 1 aromatic rings. The van der Waals surface area contributed by atoms with Crippen molar-refractivity contribution in [1.82, 2.24) is 5.32 Å². The zero-order valence-corrected chi connectivity index (χ0v) is 12.1. The zero-order chi connectivity index (χ0) is 15.2. The van der Waals surface area contributed by atoms with E-state index in [2.05, 4.69) is 5.32 Å². The summed E-state index contributed by atoms with van der Waals surface area (Å²) >= 11 is 0. The number of amides is 1. The van der Waals surface area contributed by atoms with E-state index in [9.17, 15) is 4.79 Å². The van der Waals surface area contributed by atoms with Crippen LogP contribution < -0.4 is 15.8 Å². The van der Waals surface area contributed by atoms with Crippen molar-refractivity contribution >= 4 is 11.8 Å². The Morgan fingerprint density at radius 1 is 1.40 bits per heavy atom. The summed E-state index contributed by atoms with van der Waals surface area (Å²) in [6.45, 7) is 5.88. The van der Waals surface area contributed by atoms with Crippen molar-refractivity contribution in [1.29, 1.82) is 0 Å². The summed E-state index contributed by atoms with van der Waals surface area (Å²) in [5.41, 5.74) is 6.43. The number of carbonyl (C=O) groups excluding carboxylic acids is 1. The number of aliphatic hydroxyl groups excluding tert-OH is 1. The van der Waals surface area contributed by atoms with Crippen molar-refractivity contribution in [2.75, 3.05) is 18.9 Å². The first-order valence-corrected chi connectivity index (χ1v) is 6.41. The highest BCUT2D eigenvalue weighted by Crippen LogP contribution is 2.22. The Morgan fingerprint density at radius 2 is 2.10 bits per heavy atom. The lowest BCUT2D eigenvalue weighted by atomic mass is 10.2. The fourth-order valence-electron chi connectivity index (χ4n) is 1.43. The summed E-state index contributed by atoms with van der Waals surface area (Å²) in [7, 11) is 0. The second kappa shape index (κ2) is 7.00. The lowest BCUT2D eigenvalue weighted by Gasteiger charge is -2.19. The second-order valence-electron chi connectivity index (χ2n) is 5.31. The smallest absolute Gasteiger partial charge is 0.407 e. The number of hydrogen-bond acceptors (Lipinski definition) is 5. The highest BCUT2D eigenvalue weighted by Gasteiger charge is 2.15. The van der Waals surface area contributed by atoms with E-state index in [-0.39, 0.29) is 13.2 Å². The molecule has 0 atom stereocenters. The van der Waals surface area contributed by atoms with Gasteiger partial charge >= 0.3 is 6.09 Å². The molecule has 0 saturated carbocycles. The summed E-state index contributed by atoms with van der Waals surface area (Å²) in [5.74, 6) is 0.488. The number of benzene rings is 1. The van der Waals surface area contributed by atoms with Crippen LogP contribution in [0.5, 0.6) is 5.75 Å². The van der Waals surface area contributed by atoms with Crippen LogP contribution in [0.1, 0.15) is 26.3 Å². The number of ether oxygens (including phenoxy) is 2. The number of nitrogens with two attached hydrogens (primary N) is 1. The van der Waals surface area contributed by atoms with Gasteiger partial charge in [0.2, 0.25) is 0 Å². The Morgan fingerprint density at radius 3 is 2.70 bits per heavy atom. The van der Waals surface area contributed by atoms with Crippen LogP contribution in [0.4, 0.5) is 10.5 Å². The average molecular weight is 282 g/mol. The topological polar surface area (TPSA) is 93.8 Å². The van der Waals surface area contributed by atoms with Gasteiger partial charge < -0.3 is 25.6 Å². The summed E-state index contributed by atoms with van der Waals surface area (Å²) in [5, 5.41) is 11.6. The van der Waals surface area contributed by atoms with Crippen LogP contribution in [0.2, 0.25) is 0 Å². The van der Waals surface area contributed by atoms with E-state index in [0.29, 0.717) is 23.5 Å². The predicted octanol–water partition coefficient (Wildman–Crippen LogP) is 1.66. The molecule has 0 heterocycles. The molecule has 1 rings (SSSR count). The summed E-state index contributed by atoms with van der Waals surface area (Å²) in [6, 6.07) is 5.06. The number of hydrogen-bond donors (Lipinski definition) is 3. The van der Waals surface area contributed by atoms with Gasteiger partial charge in [0.1, 0.15) is 18.0 Å². The van der Waals surface area contributed by atoms with Gasteiger partial charge in [0.05, 0.1) is 18.8 Å². The van der Waals surface area contributed by atoms with Gasteiger partial charge in [0, 0.05) is 0 Å². The Labute approximate surface area is 118 Å². The van der Waals surface area contributed by atoms with Crippen LogP contribution >= 0.6 is 0 Å². The van der Waals surface area contributed by atoms with Crippen LogP contribution in [-0.4, -0.2) is 30.0 Å². The number of nitrogens with one attached hydrogen (secondary N) is 1. The van der Waals surface area contributed by atoms with Gasteiger partial charge in [0.25, 0.3) is 0 Å². The molecule has 20 heavy (non-hydrogen) atoms. The fraction of sp³-hybridized carbons (Fsp3) is 0.500. The standard InChI is InChI=1S/C14H22N2O4/c1-14(2,3)20-13(18)16-6-7-19-12-8-10(9-17)4-5-11(12)15/h4-5,8,17H,6-7,9,15H2,1-3H3,(H,16,18). The monoisotopic (exact) mass is 282 g/mol. The molecular weight excluding hydrogens is 260 g/mol. The Balaban J connectivity index is 2.36. The minimum absolute atomic E-state index is 0.0766. The van der Waals surface area contributed by atoms with Crippen LogP contribution in [0.15, 0.2) is 18.2 Å². The first-order valence-electron chi connectivity index (χ1n) is 6.41. The molecule has 0 saturated heterocycles. The molecule has 0 aliphatic heterocycles. The molecule has 1 amide bonds. The summed E-state index contributed by atoms with van der Waals surface area (Å²) in [4.78, 5) is 11.4. The van der Waals surface area contributed by atoms with E-state index in [1.165, 1.54) is 0 Å². The Bertz CT molecular complexity index is 455. The van der Waals surface area contributed by atoms with Gasteiger partial charge in [-0.3, -0.25) is 0 Å². The summed E-state index contributed by atoms with van der Waals surface area (Å²) < 4.78 is 10.5. The first-order chi connectivity index (χ1) is 9.31. The quantitative estimate of drug-likeness (QED) is 0.564. The van der Waals surface area contributed by atoms with Crippen molar-refractivity contribution in [2.45, 2.75) is 33.0 Å². The van der Waals surface area contributed by atoms with Gasteiger partial charge in [-0.2, -0.15) is 0 Å². The van der Waals surface area contributed by atoms with Crippen molar-refractivity contribution in [3.8, 4) is 5.75 Å². The van der Waals surface area contributed by atoms with E-state index >= 15 is 0 Å². The van der Waals surface area contributed by atoms with Gasteiger partial charge in [-0.05, 0) is 38.5 Å². The van der Waals surface area contributed by atoms with Gasteiger partial charge in [-0.1, -0.05) is 6.07 Å². The molecule has 0 unspecified atom stereocenters. The molecule has 0 aliphatic rings. The first kappa shape index (κ1) is 16.1. The maximum absolute atomic E-state index is 11.4. The second-order valence-corrected chi connectivity index (χ2v) is 5.31. The van der Waals surface area contributed by atoms with Crippen LogP contribution in [0.25, 0.3) is 0 Å². The minimum atomic E-state index is -0.523. The van der Waals surface area contributed by atoms with E-state index in [0.717, 1.165) is 0 Å². The van der Waals surface area contributed by atoms with Crippen LogP contribution in [0, 0.1) is 0 Å². The SMILES string of the molecule is CC(C)(C)OC(=O)NCCOc1cc(CO)ccc1N. The number of aliphatic hydroxyl groups is 1. The van der Waals surface area contributed by atoms with Crippen molar-refractivity contribution < 1.29 is 19.4 Å². The molecule has 0 fully saturated rings. The zero-order valence-electron chi connectivity index (χ0n) is 12.1. The van der Waals surface area contributed by atoms with E-state index in [1.54, 1.807) is 39.0 Å². The molecule has 0 radical (unpaired) electrons. The minimum Gasteiger partial charge on any atom is -0.490 e. The Hall–Kier alpha value is -1.95. The summed E-state index contributed by atoms with van der Waals surface area (Å²) in [6.07, 6.45) is -0.488. The third kappa shape index (κ3) is 5.79. The lowest BCUT2D eigenvalue weighted by Crippen LogP contribution is -2.34. The molecule has 6 heteroatoms. The van der Waals surface area contributed by atoms with Gasteiger partial charge in [-0.25, -0.2) is 4.79 Å². The van der Waals surface area contributed by atoms with Crippen LogP contribution in [-0.2, 0) is 11.3 Å².